The first-order chi connectivity index (χ1) is 11.2. The van der Waals surface area contributed by atoms with Crippen molar-refractivity contribution in [3.8, 4) is 0 Å². The maximum Gasteiger partial charge on any atom is 0.490 e. The molecule has 0 radical (unpaired) electrons. The van der Waals surface area contributed by atoms with E-state index in [2.05, 4.69) is 10.3 Å². The Balaban J connectivity index is 0.000000351. The molecule has 2 aromatic heterocycles. The standard InChI is InChI=1S/C13H14N2O2.C2HF3O2/c1-10-2-3-12(17-10)6-9-15-13(16)11-4-7-14-8-5-11;3-2(4,5)1(6)7/h2-5,7-8H,6,9H2,1H3,(H,15,16);(H,6,7). The minimum absolute atomic E-state index is 0.0873. The van der Waals surface area contributed by atoms with Gasteiger partial charge in [0, 0.05) is 30.9 Å². The molecule has 24 heavy (non-hydrogen) atoms. The van der Waals surface area contributed by atoms with Gasteiger partial charge in [-0.25, -0.2) is 4.79 Å². The largest absolute Gasteiger partial charge is 0.490 e. The van der Waals surface area contributed by atoms with Gasteiger partial charge >= 0.3 is 12.1 Å². The van der Waals surface area contributed by atoms with Gasteiger partial charge in [0.05, 0.1) is 0 Å². The molecule has 9 heteroatoms. The minimum atomic E-state index is -5.08. The van der Waals surface area contributed by atoms with Crippen LogP contribution in [0.5, 0.6) is 0 Å². The first-order valence-electron chi connectivity index (χ1n) is 6.74. The molecule has 0 aliphatic carbocycles. The molecule has 0 bridgehead atoms. The maximum atomic E-state index is 11.7. The Labute approximate surface area is 135 Å². The maximum absolute atomic E-state index is 11.7. The molecule has 1 amide bonds. The average Bonchev–Trinajstić information content (AvgIpc) is 2.93. The van der Waals surface area contributed by atoms with E-state index in [0.29, 0.717) is 18.5 Å². The second-order valence-electron chi connectivity index (χ2n) is 4.56. The smallest absolute Gasteiger partial charge is 0.475 e. The van der Waals surface area contributed by atoms with E-state index in [-0.39, 0.29) is 5.91 Å². The van der Waals surface area contributed by atoms with E-state index in [0.717, 1.165) is 11.5 Å². The summed E-state index contributed by atoms with van der Waals surface area (Å²) < 4.78 is 37.1. The van der Waals surface area contributed by atoms with Crippen molar-refractivity contribution in [3.63, 3.8) is 0 Å². The Kier molecular flexibility index (Phi) is 6.97. The third kappa shape index (κ3) is 6.95. The zero-order valence-corrected chi connectivity index (χ0v) is 12.6. The van der Waals surface area contributed by atoms with Crippen molar-refractivity contribution >= 4 is 11.9 Å². The topological polar surface area (TPSA) is 92.4 Å². The predicted molar refractivity (Wildman–Crippen MR) is 77.4 cm³/mol. The molecule has 0 saturated carbocycles. The van der Waals surface area contributed by atoms with Gasteiger partial charge in [0.15, 0.2) is 0 Å². The molecule has 6 nitrogen and oxygen atoms in total. The Morgan fingerprint density at radius 2 is 1.79 bits per heavy atom. The summed E-state index contributed by atoms with van der Waals surface area (Å²) >= 11 is 0. The van der Waals surface area contributed by atoms with Gasteiger partial charge in [0.25, 0.3) is 5.91 Å². The van der Waals surface area contributed by atoms with E-state index in [9.17, 15) is 18.0 Å². The van der Waals surface area contributed by atoms with Crippen molar-refractivity contribution < 1.29 is 32.3 Å². The second-order valence-corrected chi connectivity index (χ2v) is 4.56. The van der Waals surface area contributed by atoms with Gasteiger partial charge < -0.3 is 14.8 Å². The normalized spacial score (nSPS) is 10.5. The van der Waals surface area contributed by atoms with Crippen LogP contribution in [0.2, 0.25) is 0 Å². The summed E-state index contributed by atoms with van der Waals surface area (Å²) in [6, 6.07) is 7.21. The van der Waals surface area contributed by atoms with Crippen molar-refractivity contribution in [2.75, 3.05) is 6.54 Å². The molecule has 2 aromatic rings. The number of pyridine rings is 1. The minimum Gasteiger partial charge on any atom is -0.475 e. The number of rotatable bonds is 4. The van der Waals surface area contributed by atoms with Crippen LogP contribution in [0.3, 0.4) is 0 Å². The van der Waals surface area contributed by atoms with Crippen molar-refractivity contribution in [2.45, 2.75) is 19.5 Å². The number of hydrogen-bond acceptors (Lipinski definition) is 4. The first kappa shape index (κ1) is 19.2. The number of carboxylic acid groups (broad SMARTS) is 1. The Bertz CT molecular complexity index is 669. The number of furan rings is 1. The van der Waals surface area contributed by atoms with E-state index >= 15 is 0 Å². The molecule has 0 fully saturated rings. The molecule has 0 unspecified atom stereocenters. The van der Waals surface area contributed by atoms with Gasteiger partial charge in [-0.15, -0.1) is 0 Å². The van der Waals surface area contributed by atoms with Gasteiger partial charge in [-0.3, -0.25) is 9.78 Å². The SMILES string of the molecule is Cc1ccc(CCNC(=O)c2ccncc2)o1.O=C(O)C(F)(F)F. The van der Waals surface area contributed by atoms with Crippen LogP contribution in [0.1, 0.15) is 21.9 Å². The van der Waals surface area contributed by atoms with Gasteiger partial charge in [0.1, 0.15) is 11.5 Å². The molecule has 2 N–H and O–H groups in total. The molecule has 2 rings (SSSR count). The fourth-order valence-electron chi connectivity index (χ4n) is 1.52. The number of aromatic nitrogens is 1. The van der Waals surface area contributed by atoms with Crippen LogP contribution in [0, 0.1) is 6.92 Å². The molecule has 0 aromatic carbocycles. The summed E-state index contributed by atoms with van der Waals surface area (Å²) in [5, 5.41) is 9.95. The lowest BCUT2D eigenvalue weighted by atomic mass is 10.2. The molecule has 0 aliphatic heterocycles. The highest BCUT2D eigenvalue weighted by molar-refractivity contribution is 5.93. The number of carbonyl (C=O) groups is 2. The summed E-state index contributed by atoms with van der Waals surface area (Å²) in [4.78, 5) is 24.4. The van der Waals surface area contributed by atoms with Crippen molar-refractivity contribution in [1.82, 2.24) is 10.3 Å². The highest BCUT2D eigenvalue weighted by atomic mass is 19.4. The van der Waals surface area contributed by atoms with Crippen LogP contribution in [0.4, 0.5) is 13.2 Å². The number of halogens is 3. The molecular weight excluding hydrogens is 329 g/mol. The van der Waals surface area contributed by atoms with Crippen LogP contribution in [-0.4, -0.2) is 34.7 Å². The van der Waals surface area contributed by atoms with Gasteiger partial charge in [-0.2, -0.15) is 13.2 Å². The molecule has 0 spiro atoms. The first-order valence-corrected chi connectivity index (χ1v) is 6.74. The number of carboxylic acids is 1. The molecular formula is C15H15F3N2O4. The Morgan fingerprint density at radius 1 is 1.21 bits per heavy atom. The van der Waals surface area contributed by atoms with Crippen LogP contribution >= 0.6 is 0 Å². The van der Waals surface area contributed by atoms with E-state index in [4.69, 9.17) is 14.3 Å². The zero-order chi connectivity index (χ0) is 18.2. The quantitative estimate of drug-likeness (QED) is 0.889. The highest BCUT2D eigenvalue weighted by Gasteiger charge is 2.38. The van der Waals surface area contributed by atoms with Crippen LogP contribution in [0.25, 0.3) is 0 Å². The predicted octanol–water partition coefficient (Wildman–Crippen LogP) is 2.59. The van der Waals surface area contributed by atoms with Crippen LogP contribution < -0.4 is 5.32 Å². The summed E-state index contributed by atoms with van der Waals surface area (Å²) in [6.45, 7) is 2.47. The van der Waals surface area contributed by atoms with Crippen molar-refractivity contribution in [3.05, 3.63) is 53.7 Å². The van der Waals surface area contributed by atoms with Crippen LogP contribution in [-0.2, 0) is 11.2 Å². The number of aliphatic carboxylic acids is 1. The van der Waals surface area contributed by atoms with Gasteiger partial charge in [-0.05, 0) is 31.2 Å². The number of nitrogens with one attached hydrogen (secondary N) is 1. The van der Waals surface area contributed by atoms with Crippen molar-refractivity contribution in [2.24, 2.45) is 0 Å². The van der Waals surface area contributed by atoms with E-state index in [1.807, 2.05) is 19.1 Å². The van der Waals surface area contributed by atoms with E-state index in [1.165, 1.54) is 0 Å². The molecule has 2 heterocycles. The molecule has 0 atom stereocenters. The summed E-state index contributed by atoms with van der Waals surface area (Å²) in [5.41, 5.74) is 0.621. The number of alkyl halides is 3. The fraction of sp³-hybridized carbons (Fsp3) is 0.267. The Morgan fingerprint density at radius 3 is 2.25 bits per heavy atom. The van der Waals surface area contributed by atoms with Gasteiger partial charge in [-0.1, -0.05) is 0 Å². The fourth-order valence-corrected chi connectivity index (χ4v) is 1.52. The van der Waals surface area contributed by atoms with E-state index in [1.54, 1.807) is 24.5 Å². The third-order valence-corrected chi connectivity index (χ3v) is 2.64. The molecule has 0 aliphatic rings. The summed E-state index contributed by atoms with van der Waals surface area (Å²) in [7, 11) is 0. The average molecular weight is 344 g/mol. The number of hydrogen-bond donors (Lipinski definition) is 2. The number of aryl methyl sites for hydroxylation is 1. The zero-order valence-electron chi connectivity index (χ0n) is 12.6. The second kappa shape index (κ2) is 8.70. The lowest BCUT2D eigenvalue weighted by molar-refractivity contribution is -0.192. The monoisotopic (exact) mass is 344 g/mol. The number of nitrogens with zero attached hydrogens (tertiary/aromatic N) is 1. The van der Waals surface area contributed by atoms with E-state index < -0.39 is 12.1 Å². The lowest BCUT2D eigenvalue weighted by Crippen LogP contribution is -2.25. The van der Waals surface area contributed by atoms with Gasteiger partial charge in [0.2, 0.25) is 0 Å². The number of carbonyl (C=O) groups excluding carboxylic acids is 1. The highest BCUT2D eigenvalue weighted by Crippen LogP contribution is 2.13. The Hall–Kier alpha value is -2.84. The molecule has 130 valence electrons. The van der Waals surface area contributed by atoms with Crippen molar-refractivity contribution in [1.29, 1.82) is 0 Å². The third-order valence-electron chi connectivity index (χ3n) is 2.64. The summed E-state index contributed by atoms with van der Waals surface area (Å²) in [6.07, 6.45) is -1.18. The lowest BCUT2D eigenvalue weighted by Gasteiger charge is -2.03. The number of amides is 1. The molecule has 0 saturated heterocycles. The summed E-state index contributed by atoms with van der Waals surface area (Å²) in [5.74, 6) is -1.07. The van der Waals surface area contributed by atoms with Crippen LogP contribution in [0.15, 0.2) is 41.1 Å².